The molecule has 0 aromatic heterocycles. The molecule has 2 N–H and O–H groups in total. The Labute approximate surface area is 123 Å². The number of carboxylic acids is 1. The molecule has 0 aliphatic carbocycles. The van der Waals surface area contributed by atoms with Gasteiger partial charge in [0.2, 0.25) is 5.91 Å². The highest BCUT2D eigenvalue weighted by molar-refractivity contribution is 5.98. The van der Waals surface area contributed by atoms with Gasteiger partial charge in [-0.05, 0) is 43.5 Å². The number of para-hydroxylation sites is 1. The maximum Gasteiger partial charge on any atom is 0.312 e. The van der Waals surface area contributed by atoms with Crippen LogP contribution in [0.1, 0.15) is 30.7 Å². The zero-order valence-corrected chi connectivity index (χ0v) is 11.9. The Bertz CT molecular complexity index is 552. The first-order chi connectivity index (χ1) is 10.2. The molecular weight excluding hydrogens is 268 g/mol. The van der Waals surface area contributed by atoms with Crippen molar-refractivity contribution < 1.29 is 14.7 Å². The Kier molecular flexibility index (Phi) is 3.92. The molecule has 112 valence electrons. The van der Waals surface area contributed by atoms with Crippen LogP contribution in [0.15, 0.2) is 24.3 Å². The summed E-state index contributed by atoms with van der Waals surface area (Å²) in [6.07, 6.45) is 2.50. The lowest BCUT2D eigenvalue weighted by Crippen LogP contribution is -2.31. The van der Waals surface area contributed by atoms with Crippen LogP contribution in [0.5, 0.6) is 0 Å². The van der Waals surface area contributed by atoms with Crippen LogP contribution >= 0.6 is 0 Å². The van der Waals surface area contributed by atoms with Crippen molar-refractivity contribution in [1.82, 2.24) is 5.32 Å². The van der Waals surface area contributed by atoms with E-state index in [0.717, 1.165) is 37.2 Å². The van der Waals surface area contributed by atoms with E-state index in [0.29, 0.717) is 12.3 Å². The molecule has 2 aliphatic heterocycles. The van der Waals surface area contributed by atoms with Crippen LogP contribution in [0.3, 0.4) is 0 Å². The fraction of sp³-hybridized carbons (Fsp3) is 0.500. The Hall–Kier alpha value is -1.88. The smallest absolute Gasteiger partial charge is 0.312 e. The molecule has 1 fully saturated rings. The molecule has 1 amide bonds. The average molecular weight is 288 g/mol. The SMILES string of the molecule is O=C(O)C1CN(C(=O)CCC2CCNC2)c2ccccc21. The normalized spacial score (nSPS) is 24.1. The molecule has 3 rings (SSSR count). The molecule has 1 aromatic carbocycles. The summed E-state index contributed by atoms with van der Waals surface area (Å²) in [6, 6.07) is 7.33. The fourth-order valence-corrected chi connectivity index (χ4v) is 3.28. The summed E-state index contributed by atoms with van der Waals surface area (Å²) in [5.74, 6) is -0.851. The second-order valence-corrected chi connectivity index (χ2v) is 5.85. The number of hydrogen-bond donors (Lipinski definition) is 2. The van der Waals surface area contributed by atoms with Crippen LogP contribution in [-0.2, 0) is 9.59 Å². The lowest BCUT2D eigenvalue weighted by molar-refractivity contribution is -0.138. The van der Waals surface area contributed by atoms with E-state index in [1.165, 1.54) is 0 Å². The van der Waals surface area contributed by atoms with Crippen molar-refractivity contribution in [2.24, 2.45) is 5.92 Å². The summed E-state index contributed by atoms with van der Waals surface area (Å²) >= 11 is 0. The van der Waals surface area contributed by atoms with Gasteiger partial charge in [-0.3, -0.25) is 9.59 Å². The molecule has 5 heteroatoms. The predicted molar refractivity (Wildman–Crippen MR) is 79.4 cm³/mol. The van der Waals surface area contributed by atoms with Crippen LogP contribution in [0.2, 0.25) is 0 Å². The fourth-order valence-electron chi connectivity index (χ4n) is 3.28. The number of nitrogens with zero attached hydrogens (tertiary/aromatic N) is 1. The Morgan fingerprint density at radius 3 is 2.86 bits per heavy atom. The summed E-state index contributed by atoms with van der Waals surface area (Å²) < 4.78 is 0. The minimum atomic E-state index is -0.863. The Morgan fingerprint density at radius 1 is 1.33 bits per heavy atom. The lowest BCUT2D eigenvalue weighted by Gasteiger charge is -2.18. The quantitative estimate of drug-likeness (QED) is 0.883. The number of carbonyl (C=O) groups excluding carboxylic acids is 1. The molecule has 2 heterocycles. The molecule has 2 unspecified atom stereocenters. The van der Waals surface area contributed by atoms with E-state index >= 15 is 0 Å². The lowest BCUT2D eigenvalue weighted by atomic mass is 10.0. The molecule has 1 aromatic rings. The van der Waals surface area contributed by atoms with Crippen molar-refractivity contribution in [3.05, 3.63) is 29.8 Å². The van der Waals surface area contributed by atoms with Gasteiger partial charge in [-0.2, -0.15) is 0 Å². The van der Waals surface area contributed by atoms with Crippen molar-refractivity contribution in [3.63, 3.8) is 0 Å². The maximum absolute atomic E-state index is 12.4. The Balaban J connectivity index is 1.70. The van der Waals surface area contributed by atoms with Gasteiger partial charge in [0.25, 0.3) is 0 Å². The number of fused-ring (bicyclic) bond motifs is 1. The second-order valence-electron chi connectivity index (χ2n) is 5.85. The molecule has 0 radical (unpaired) electrons. The van der Waals surface area contributed by atoms with E-state index in [2.05, 4.69) is 5.32 Å². The summed E-state index contributed by atoms with van der Waals surface area (Å²) in [5.41, 5.74) is 1.51. The summed E-state index contributed by atoms with van der Waals surface area (Å²) in [7, 11) is 0. The van der Waals surface area contributed by atoms with Gasteiger partial charge < -0.3 is 15.3 Å². The third-order valence-corrected chi connectivity index (χ3v) is 4.50. The Morgan fingerprint density at radius 2 is 2.14 bits per heavy atom. The summed E-state index contributed by atoms with van der Waals surface area (Å²) in [4.78, 5) is 25.4. The number of benzene rings is 1. The number of amides is 1. The van der Waals surface area contributed by atoms with Crippen molar-refractivity contribution in [2.75, 3.05) is 24.5 Å². The summed E-state index contributed by atoms with van der Waals surface area (Å²) in [5, 5.41) is 12.6. The van der Waals surface area contributed by atoms with Gasteiger partial charge in [0.1, 0.15) is 5.92 Å². The highest BCUT2D eigenvalue weighted by Gasteiger charge is 2.36. The van der Waals surface area contributed by atoms with E-state index in [9.17, 15) is 14.7 Å². The van der Waals surface area contributed by atoms with Crippen molar-refractivity contribution >= 4 is 17.6 Å². The van der Waals surface area contributed by atoms with Gasteiger partial charge in [-0.15, -0.1) is 0 Å². The minimum Gasteiger partial charge on any atom is -0.481 e. The van der Waals surface area contributed by atoms with Gasteiger partial charge in [0.05, 0.1) is 0 Å². The number of carboxylic acid groups (broad SMARTS) is 1. The monoisotopic (exact) mass is 288 g/mol. The molecule has 2 aliphatic rings. The number of carbonyl (C=O) groups is 2. The van der Waals surface area contributed by atoms with Crippen LogP contribution in [0.4, 0.5) is 5.69 Å². The second kappa shape index (κ2) is 5.85. The van der Waals surface area contributed by atoms with Crippen LogP contribution in [-0.4, -0.2) is 36.6 Å². The molecule has 0 saturated carbocycles. The third kappa shape index (κ3) is 2.78. The number of rotatable bonds is 4. The van der Waals surface area contributed by atoms with Crippen molar-refractivity contribution in [2.45, 2.75) is 25.2 Å². The zero-order valence-electron chi connectivity index (χ0n) is 11.9. The number of nitrogens with one attached hydrogen (secondary N) is 1. The van der Waals surface area contributed by atoms with E-state index in [1.54, 1.807) is 4.90 Å². The summed E-state index contributed by atoms with van der Waals surface area (Å²) in [6.45, 7) is 2.28. The van der Waals surface area contributed by atoms with Crippen LogP contribution in [0, 0.1) is 5.92 Å². The minimum absolute atomic E-state index is 0.0399. The number of anilines is 1. The number of aliphatic carboxylic acids is 1. The molecular formula is C16H20N2O3. The molecule has 21 heavy (non-hydrogen) atoms. The van der Waals surface area contributed by atoms with Crippen molar-refractivity contribution in [3.8, 4) is 0 Å². The highest BCUT2D eigenvalue weighted by atomic mass is 16.4. The van der Waals surface area contributed by atoms with Gasteiger partial charge >= 0.3 is 5.97 Å². The zero-order chi connectivity index (χ0) is 14.8. The molecule has 1 saturated heterocycles. The molecule has 2 atom stereocenters. The number of hydrogen-bond acceptors (Lipinski definition) is 3. The van der Waals surface area contributed by atoms with Gasteiger partial charge in [-0.25, -0.2) is 0 Å². The van der Waals surface area contributed by atoms with E-state index in [1.807, 2.05) is 24.3 Å². The highest BCUT2D eigenvalue weighted by Crippen LogP contribution is 2.36. The average Bonchev–Trinajstić information content (AvgIpc) is 3.12. The van der Waals surface area contributed by atoms with Crippen LogP contribution < -0.4 is 10.2 Å². The van der Waals surface area contributed by atoms with Crippen molar-refractivity contribution in [1.29, 1.82) is 0 Å². The van der Waals surface area contributed by atoms with Gasteiger partial charge in [0, 0.05) is 18.7 Å². The molecule has 0 bridgehead atoms. The first-order valence-electron chi connectivity index (χ1n) is 7.49. The van der Waals surface area contributed by atoms with E-state index < -0.39 is 11.9 Å². The van der Waals surface area contributed by atoms with E-state index in [4.69, 9.17) is 0 Å². The topological polar surface area (TPSA) is 69.6 Å². The first kappa shape index (κ1) is 14.1. The standard InChI is InChI=1S/C16H20N2O3/c19-15(6-5-11-7-8-17-9-11)18-10-13(16(20)21)12-3-1-2-4-14(12)18/h1-4,11,13,17H,5-10H2,(H,20,21). The maximum atomic E-state index is 12.4. The first-order valence-corrected chi connectivity index (χ1v) is 7.49. The third-order valence-electron chi connectivity index (χ3n) is 4.50. The molecule has 0 spiro atoms. The van der Waals surface area contributed by atoms with Gasteiger partial charge in [-0.1, -0.05) is 18.2 Å². The largest absolute Gasteiger partial charge is 0.481 e. The van der Waals surface area contributed by atoms with E-state index in [-0.39, 0.29) is 12.5 Å². The predicted octanol–water partition coefficient (Wildman–Crippen LogP) is 1.59. The van der Waals surface area contributed by atoms with Gasteiger partial charge in [0.15, 0.2) is 0 Å². The van der Waals surface area contributed by atoms with Crippen LogP contribution in [0.25, 0.3) is 0 Å². The molecule has 5 nitrogen and oxygen atoms in total.